The topological polar surface area (TPSA) is 17.1 Å². The van der Waals surface area contributed by atoms with E-state index in [0.717, 1.165) is 4.47 Å². The highest BCUT2D eigenvalue weighted by molar-refractivity contribution is 9.10. The first-order chi connectivity index (χ1) is 6.88. The van der Waals surface area contributed by atoms with Gasteiger partial charge in [0, 0.05) is 22.9 Å². The molecule has 1 aromatic rings. The van der Waals surface area contributed by atoms with Crippen molar-refractivity contribution in [3.05, 3.63) is 34.3 Å². The van der Waals surface area contributed by atoms with E-state index < -0.39 is 11.3 Å². The van der Waals surface area contributed by atoms with Gasteiger partial charge in [0.1, 0.15) is 0 Å². The quantitative estimate of drug-likeness (QED) is 0.586. The number of halogens is 4. The number of hydrogen-bond donors (Lipinski definition) is 0. The first kappa shape index (κ1) is 12.8. The van der Waals surface area contributed by atoms with Crippen LogP contribution in [0.2, 0.25) is 0 Å². The lowest BCUT2D eigenvalue weighted by molar-refractivity contribution is 0.0827. The summed E-state index contributed by atoms with van der Waals surface area (Å²) in [5, 5.41) is 0. The van der Waals surface area contributed by atoms with E-state index in [4.69, 9.17) is 0 Å². The molecule has 0 aliphatic rings. The maximum absolute atomic E-state index is 12.4. The molecule has 0 fully saturated rings. The number of hydrogen-bond acceptors (Lipinski definition) is 1. The van der Waals surface area contributed by atoms with Crippen LogP contribution in [0.25, 0.3) is 0 Å². The van der Waals surface area contributed by atoms with Gasteiger partial charge in [-0.25, -0.2) is 0 Å². The van der Waals surface area contributed by atoms with E-state index in [-0.39, 0.29) is 12.2 Å². The normalized spacial score (nSPS) is 11.5. The molecule has 0 saturated heterocycles. The van der Waals surface area contributed by atoms with Crippen molar-refractivity contribution in [1.29, 1.82) is 0 Å². The molecule has 0 aliphatic carbocycles. The Balaban J connectivity index is 2.62. The lowest BCUT2D eigenvalue weighted by Gasteiger charge is -2.07. The van der Waals surface area contributed by atoms with E-state index in [1.54, 1.807) is 24.3 Å². The molecule has 0 atom stereocenters. The predicted octanol–water partition coefficient (Wildman–Crippen LogP) is 4.40. The molecule has 0 unspecified atom stereocenters. The lowest BCUT2D eigenvalue weighted by atomic mass is 10.1. The van der Waals surface area contributed by atoms with E-state index in [1.807, 2.05) is 0 Å². The van der Waals surface area contributed by atoms with Gasteiger partial charge in [-0.3, -0.25) is 4.79 Å². The van der Waals surface area contributed by atoms with E-state index in [2.05, 4.69) is 31.9 Å². The van der Waals surface area contributed by atoms with Crippen LogP contribution < -0.4 is 0 Å². The summed E-state index contributed by atoms with van der Waals surface area (Å²) in [4.78, 5) is 8.50. The molecule has 0 aromatic heterocycles. The van der Waals surface area contributed by atoms with Crippen molar-refractivity contribution in [2.75, 3.05) is 0 Å². The van der Waals surface area contributed by atoms with Gasteiger partial charge in [0.05, 0.1) is 0 Å². The average molecular weight is 342 g/mol. The summed E-state index contributed by atoms with van der Waals surface area (Å²) in [5.74, 6) is -0.282. The van der Waals surface area contributed by atoms with Gasteiger partial charge in [-0.05, 0) is 28.1 Å². The Morgan fingerprint density at radius 3 is 2.60 bits per heavy atom. The van der Waals surface area contributed by atoms with Crippen LogP contribution in [0, 0.1) is 0 Å². The van der Waals surface area contributed by atoms with Crippen LogP contribution in [0.4, 0.5) is 8.78 Å². The Bertz CT molecular complexity index is 361. The summed E-state index contributed by atoms with van der Waals surface area (Å²) >= 11 is 5.41. The highest BCUT2D eigenvalue weighted by atomic mass is 79.9. The van der Waals surface area contributed by atoms with Crippen molar-refractivity contribution < 1.29 is 13.6 Å². The SMILES string of the molecule is O=C(CCC(F)(F)Br)c1cccc(Br)c1. The van der Waals surface area contributed by atoms with Crippen molar-refractivity contribution in [3.8, 4) is 0 Å². The van der Waals surface area contributed by atoms with Crippen molar-refractivity contribution >= 4 is 37.6 Å². The van der Waals surface area contributed by atoms with E-state index in [1.165, 1.54) is 0 Å². The van der Waals surface area contributed by atoms with Gasteiger partial charge in [-0.15, -0.1) is 0 Å². The highest BCUT2D eigenvalue weighted by Gasteiger charge is 2.24. The largest absolute Gasteiger partial charge is 0.301 e. The molecule has 82 valence electrons. The monoisotopic (exact) mass is 340 g/mol. The zero-order chi connectivity index (χ0) is 11.5. The Morgan fingerprint density at radius 2 is 2.07 bits per heavy atom. The second-order valence-corrected chi connectivity index (χ2v) is 5.12. The number of rotatable bonds is 4. The van der Waals surface area contributed by atoms with Crippen molar-refractivity contribution in [2.24, 2.45) is 0 Å². The van der Waals surface area contributed by atoms with Crippen LogP contribution in [0.3, 0.4) is 0 Å². The van der Waals surface area contributed by atoms with Gasteiger partial charge in [-0.2, -0.15) is 8.78 Å². The van der Waals surface area contributed by atoms with E-state index in [0.29, 0.717) is 5.56 Å². The summed E-state index contributed by atoms with van der Waals surface area (Å²) in [5.41, 5.74) is 0.445. The molecular formula is C10H8Br2F2O. The highest BCUT2D eigenvalue weighted by Crippen LogP contribution is 2.28. The van der Waals surface area contributed by atoms with Crippen LogP contribution in [-0.2, 0) is 0 Å². The minimum atomic E-state index is -2.96. The first-order valence-electron chi connectivity index (χ1n) is 4.24. The smallest absolute Gasteiger partial charge is 0.294 e. The summed E-state index contributed by atoms with van der Waals surface area (Å²) in [7, 11) is 0. The summed E-state index contributed by atoms with van der Waals surface area (Å²) in [6.07, 6.45) is -0.660. The molecule has 0 aliphatic heterocycles. The fraction of sp³-hybridized carbons (Fsp3) is 0.300. The predicted molar refractivity (Wildman–Crippen MR) is 61.6 cm³/mol. The third-order valence-electron chi connectivity index (χ3n) is 1.78. The number of carbonyl (C=O) groups is 1. The molecular weight excluding hydrogens is 334 g/mol. The van der Waals surface area contributed by atoms with E-state index in [9.17, 15) is 13.6 Å². The van der Waals surface area contributed by atoms with E-state index >= 15 is 0 Å². The van der Waals surface area contributed by atoms with Gasteiger partial charge in [-0.1, -0.05) is 28.1 Å². The molecule has 0 saturated carbocycles. The molecule has 15 heavy (non-hydrogen) atoms. The van der Waals surface area contributed by atoms with Crippen LogP contribution in [-0.4, -0.2) is 10.6 Å². The molecule has 0 amide bonds. The van der Waals surface area contributed by atoms with Crippen molar-refractivity contribution in [3.63, 3.8) is 0 Å². The van der Waals surface area contributed by atoms with Gasteiger partial charge in [0.15, 0.2) is 5.78 Å². The number of benzene rings is 1. The standard InChI is InChI=1S/C10H8Br2F2O/c11-8-3-1-2-7(6-8)9(15)4-5-10(12,13)14/h1-3,6H,4-5H2. The van der Waals surface area contributed by atoms with Crippen LogP contribution in [0.1, 0.15) is 23.2 Å². The summed E-state index contributed by atoms with van der Waals surface area (Å²) < 4.78 is 25.6. The molecule has 5 heteroatoms. The molecule has 0 spiro atoms. The van der Waals surface area contributed by atoms with Crippen molar-refractivity contribution in [2.45, 2.75) is 17.7 Å². The second kappa shape index (κ2) is 5.16. The Morgan fingerprint density at radius 1 is 1.40 bits per heavy atom. The van der Waals surface area contributed by atoms with Crippen molar-refractivity contribution in [1.82, 2.24) is 0 Å². The fourth-order valence-electron chi connectivity index (χ4n) is 1.06. The fourth-order valence-corrected chi connectivity index (χ4v) is 1.66. The van der Waals surface area contributed by atoms with Crippen LogP contribution >= 0.6 is 31.9 Å². The maximum atomic E-state index is 12.4. The van der Waals surface area contributed by atoms with Gasteiger partial charge in [0.2, 0.25) is 0 Å². The third kappa shape index (κ3) is 4.84. The zero-order valence-corrected chi connectivity index (χ0v) is 10.8. The van der Waals surface area contributed by atoms with Gasteiger partial charge in [0.25, 0.3) is 0 Å². The molecule has 0 heterocycles. The molecule has 0 radical (unpaired) electrons. The zero-order valence-electron chi connectivity index (χ0n) is 7.64. The van der Waals surface area contributed by atoms with Crippen LogP contribution in [0.5, 0.6) is 0 Å². The summed E-state index contributed by atoms with van der Waals surface area (Å²) in [6.45, 7) is 0. The Hall–Kier alpha value is -0.290. The lowest BCUT2D eigenvalue weighted by Crippen LogP contribution is -2.09. The second-order valence-electron chi connectivity index (χ2n) is 3.05. The molecule has 1 aromatic carbocycles. The number of carbonyl (C=O) groups excluding carboxylic acids is 1. The summed E-state index contributed by atoms with van der Waals surface area (Å²) in [6, 6.07) is 6.70. The number of Topliss-reactive ketones (excluding diaryl/α,β-unsaturated/α-hetero) is 1. The Kier molecular flexibility index (Phi) is 4.40. The molecule has 1 nitrogen and oxygen atoms in total. The molecule has 0 N–H and O–H groups in total. The van der Waals surface area contributed by atoms with Gasteiger partial charge >= 0.3 is 4.83 Å². The maximum Gasteiger partial charge on any atom is 0.301 e. The minimum Gasteiger partial charge on any atom is -0.294 e. The number of alkyl halides is 3. The Labute approximate surface area is 103 Å². The molecule has 0 bridgehead atoms. The minimum absolute atomic E-state index is 0.172. The average Bonchev–Trinajstić information content (AvgIpc) is 2.13. The third-order valence-corrected chi connectivity index (χ3v) is 2.67. The number of ketones is 1. The van der Waals surface area contributed by atoms with Crippen LogP contribution in [0.15, 0.2) is 28.7 Å². The first-order valence-corrected chi connectivity index (χ1v) is 5.82. The molecule has 1 rings (SSSR count). The van der Waals surface area contributed by atoms with Gasteiger partial charge < -0.3 is 0 Å².